The number of hydrogen-bond acceptors (Lipinski definition) is 3. The SMILES string of the molecule is Cc1ccc(C2(O)CCC(OCc3ccccc3)CC2CN(C)C)cc1C. The van der Waals surface area contributed by atoms with E-state index in [1.165, 1.54) is 16.7 Å². The van der Waals surface area contributed by atoms with E-state index in [1.54, 1.807) is 0 Å². The van der Waals surface area contributed by atoms with Crippen LogP contribution >= 0.6 is 0 Å². The Labute approximate surface area is 164 Å². The largest absolute Gasteiger partial charge is 0.385 e. The van der Waals surface area contributed by atoms with Crippen LogP contribution in [0.25, 0.3) is 0 Å². The highest BCUT2D eigenvalue weighted by atomic mass is 16.5. The van der Waals surface area contributed by atoms with Crippen LogP contribution in [0, 0.1) is 19.8 Å². The first-order valence-corrected chi connectivity index (χ1v) is 9.99. The second-order valence-electron chi connectivity index (χ2n) is 8.38. The van der Waals surface area contributed by atoms with Crippen molar-refractivity contribution < 1.29 is 9.84 Å². The average Bonchev–Trinajstić information content (AvgIpc) is 2.65. The summed E-state index contributed by atoms with van der Waals surface area (Å²) >= 11 is 0. The van der Waals surface area contributed by atoms with E-state index in [0.717, 1.165) is 31.4 Å². The molecule has 2 aromatic rings. The summed E-state index contributed by atoms with van der Waals surface area (Å²) in [5.41, 5.74) is 3.99. The normalized spacial score (nSPS) is 25.7. The van der Waals surface area contributed by atoms with Gasteiger partial charge in [-0.2, -0.15) is 0 Å². The molecule has 0 saturated heterocycles. The third-order valence-electron chi connectivity index (χ3n) is 5.99. The Morgan fingerprint density at radius 2 is 1.81 bits per heavy atom. The fourth-order valence-electron chi connectivity index (χ4n) is 4.21. The monoisotopic (exact) mass is 367 g/mol. The smallest absolute Gasteiger partial charge is 0.0938 e. The maximum atomic E-state index is 11.7. The van der Waals surface area contributed by atoms with Crippen molar-refractivity contribution in [3.8, 4) is 0 Å². The molecule has 1 aliphatic carbocycles. The third kappa shape index (κ3) is 4.78. The average molecular weight is 368 g/mol. The fourth-order valence-corrected chi connectivity index (χ4v) is 4.21. The molecule has 0 bridgehead atoms. The summed E-state index contributed by atoms with van der Waals surface area (Å²) in [6.45, 7) is 5.74. The number of rotatable bonds is 6. The molecule has 0 aromatic heterocycles. The standard InChI is InChI=1S/C24H33NO2/c1-18-10-11-21(14-19(18)2)24(26)13-12-23(15-22(24)16-25(3)4)27-17-20-8-6-5-7-9-20/h5-11,14,22-23,26H,12-13,15-17H2,1-4H3. The van der Waals surface area contributed by atoms with Crippen LogP contribution < -0.4 is 0 Å². The zero-order valence-corrected chi connectivity index (χ0v) is 17.1. The van der Waals surface area contributed by atoms with Crippen molar-refractivity contribution in [1.82, 2.24) is 4.90 Å². The summed E-state index contributed by atoms with van der Waals surface area (Å²) in [6, 6.07) is 16.7. The van der Waals surface area contributed by atoms with Gasteiger partial charge in [-0.15, -0.1) is 0 Å². The third-order valence-corrected chi connectivity index (χ3v) is 5.99. The number of hydrogen-bond donors (Lipinski definition) is 1. The van der Waals surface area contributed by atoms with Crippen molar-refractivity contribution in [2.45, 2.75) is 51.4 Å². The summed E-state index contributed by atoms with van der Waals surface area (Å²) in [4.78, 5) is 2.18. The Morgan fingerprint density at radius 3 is 2.48 bits per heavy atom. The molecule has 0 spiro atoms. The molecule has 146 valence electrons. The number of aliphatic hydroxyl groups is 1. The van der Waals surface area contributed by atoms with Crippen molar-refractivity contribution in [1.29, 1.82) is 0 Å². The van der Waals surface area contributed by atoms with E-state index in [2.05, 4.69) is 63.2 Å². The minimum Gasteiger partial charge on any atom is -0.385 e. The topological polar surface area (TPSA) is 32.7 Å². The van der Waals surface area contributed by atoms with Gasteiger partial charge in [0.15, 0.2) is 0 Å². The van der Waals surface area contributed by atoms with Crippen LogP contribution in [0.5, 0.6) is 0 Å². The predicted molar refractivity (Wildman–Crippen MR) is 111 cm³/mol. The minimum atomic E-state index is -0.782. The molecule has 0 amide bonds. The Morgan fingerprint density at radius 1 is 1.07 bits per heavy atom. The molecule has 1 fully saturated rings. The van der Waals surface area contributed by atoms with Crippen LogP contribution in [-0.4, -0.2) is 36.8 Å². The van der Waals surface area contributed by atoms with E-state index in [0.29, 0.717) is 6.61 Å². The molecule has 3 unspecified atom stereocenters. The predicted octanol–water partition coefficient (Wildman–Crippen LogP) is 4.44. The lowest BCUT2D eigenvalue weighted by Gasteiger charge is -2.44. The lowest BCUT2D eigenvalue weighted by molar-refractivity contribution is -0.110. The summed E-state index contributed by atoms with van der Waals surface area (Å²) in [6.07, 6.45) is 2.71. The van der Waals surface area contributed by atoms with E-state index >= 15 is 0 Å². The van der Waals surface area contributed by atoms with Crippen LogP contribution in [0.15, 0.2) is 48.5 Å². The number of nitrogens with zero attached hydrogens (tertiary/aromatic N) is 1. The number of benzene rings is 2. The molecule has 0 aliphatic heterocycles. The summed E-state index contributed by atoms with van der Waals surface area (Å²) in [7, 11) is 4.16. The van der Waals surface area contributed by atoms with Crippen molar-refractivity contribution in [3.05, 3.63) is 70.8 Å². The molecule has 1 saturated carbocycles. The van der Waals surface area contributed by atoms with E-state index in [9.17, 15) is 5.11 Å². The lowest BCUT2D eigenvalue weighted by Crippen LogP contribution is -2.46. The van der Waals surface area contributed by atoms with Gasteiger partial charge in [-0.05, 0) is 69.5 Å². The fraction of sp³-hybridized carbons (Fsp3) is 0.500. The maximum absolute atomic E-state index is 11.7. The molecule has 3 nitrogen and oxygen atoms in total. The molecular weight excluding hydrogens is 334 g/mol. The van der Waals surface area contributed by atoms with Gasteiger partial charge in [-0.1, -0.05) is 48.5 Å². The second kappa shape index (κ2) is 8.55. The Hall–Kier alpha value is -1.68. The Bertz CT molecular complexity index is 743. The van der Waals surface area contributed by atoms with E-state index in [1.807, 2.05) is 18.2 Å². The maximum Gasteiger partial charge on any atom is 0.0938 e. The highest BCUT2D eigenvalue weighted by Crippen LogP contribution is 2.43. The van der Waals surface area contributed by atoms with Gasteiger partial charge < -0.3 is 14.7 Å². The first-order valence-electron chi connectivity index (χ1n) is 9.99. The number of aryl methyl sites for hydroxylation is 2. The van der Waals surface area contributed by atoms with Gasteiger partial charge in [0.25, 0.3) is 0 Å². The van der Waals surface area contributed by atoms with Crippen molar-refractivity contribution >= 4 is 0 Å². The molecule has 27 heavy (non-hydrogen) atoms. The van der Waals surface area contributed by atoms with Gasteiger partial charge in [-0.25, -0.2) is 0 Å². The van der Waals surface area contributed by atoms with Gasteiger partial charge >= 0.3 is 0 Å². The van der Waals surface area contributed by atoms with Gasteiger partial charge in [0.1, 0.15) is 0 Å². The Kier molecular flexibility index (Phi) is 6.36. The van der Waals surface area contributed by atoms with Crippen LogP contribution in [0.3, 0.4) is 0 Å². The molecule has 1 N–H and O–H groups in total. The molecule has 3 rings (SSSR count). The first-order chi connectivity index (χ1) is 12.9. The quantitative estimate of drug-likeness (QED) is 0.819. The van der Waals surface area contributed by atoms with E-state index in [4.69, 9.17) is 4.74 Å². The summed E-state index contributed by atoms with van der Waals surface area (Å²) in [5, 5.41) is 11.7. The zero-order valence-electron chi connectivity index (χ0n) is 17.1. The highest BCUT2D eigenvalue weighted by Gasteiger charge is 2.43. The summed E-state index contributed by atoms with van der Waals surface area (Å²) < 4.78 is 6.22. The van der Waals surface area contributed by atoms with Gasteiger partial charge in [0, 0.05) is 12.5 Å². The highest BCUT2D eigenvalue weighted by molar-refractivity contribution is 5.34. The van der Waals surface area contributed by atoms with E-state index < -0.39 is 5.60 Å². The molecule has 0 radical (unpaired) electrons. The molecule has 2 aromatic carbocycles. The molecule has 3 atom stereocenters. The molecule has 1 aliphatic rings. The van der Waals surface area contributed by atoms with Crippen molar-refractivity contribution in [2.75, 3.05) is 20.6 Å². The van der Waals surface area contributed by atoms with E-state index in [-0.39, 0.29) is 12.0 Å². The summed E-state index contributed by atoms with van der Waals surface area (Å²) in [5.74, 6) is 0.157. The number of ether oxygens (including phenoxy) is 1. The molecule has 0 heterocycles. The van der Waals surface area contributed by atoms with Crippen molar-refractivity contribution in [2.24, 2.45) is 5.92 Å². The van der Waals surface area contributed by atoms with Crippen LogP contribution in [0.2, 0.25) is 0 Å². The van der Waals surface area contributed by atoms with Crippen molar-refractivity contribution in [3.63, 3.8) is 0 Å². The van der Waals surface area contributed by atoms with Crippen LogP contribution in [0.4, 0.5) is 0 Å². The lowest BCUT2D eigenvalue weighted by atomic mass is 9.70. The second-order valence-corrected chi connectivity index (χ2v) is 8.38. The van der Waals surface area contributed by atoms with Gasteiger partial charge in [-0.3, -0.25) is 0 Å². The first kappa shape index (κ1) is 20.1. The molecular formula is C24H33NO2. The zero-order chi connectivity index (χ0) is 19.4. The Balaban J connectivity index is 1.75. The molecule has 3 heteroatoms. The van der Waals surface area contributed by atoms with Crippen LogP contribution in [0.1, 0.15) is 41.5 Å². The van der Waals surface area contributed by atoms with Gasteiger partial charge in [0.05, 0.1) is 18.3 Å². The minimum absolute atomic E-state index is 0.157. The van der Waals surface area contributed by atoms with Gasteiger partial charge in [0.2, 0.25) is 0 Å². The van der Waals surface area contributed by atoms with Crippen LogP contribution in [-0.2, 0) is 16.9 Å².